The van der Waals surface area contributed by atoms with Gasteiger partial charge in [0.05, 0.1) is 10.6 Å². The van der Waals surface area contributed by atoms with Crippen LogP contribution in [0.4, 0.5) is 5.69 Å². The molecule has 0 aromatic heterocycles. The number of nitrogens with one attached hydrogen (secondary N) is 1. The Morgan fingerprint density at radius 3 is 2.22 bits per heavy atom. The van der Waals surface area contributed by atoms with Gasteiger partial charge >= 0.3 is 0 Å². The molecule has 1 N–H and O–H groups in total. The van der Waals surface area contributed by atoms with Gasteiger partial charge in [0.25, 0.3) is 10.0 Å². The van der Waals surface area contributed by atoms with Crippen molar-refractivity contribution in [3.05, 3.63) is 129 Å². The zero-order valence-electron chi connectivity index (χ0n) is 25.5. The molecule has 0 heterocycles. The maximum absolute atomic E-state index is 14.5. The minimum atomic E-state index is -4.21. The second kappa shape index (κ2) is 15.6. The number of carbonyl (C=O) groups is 2. The molecule has 4 rings (SSSR count). The molecule has 0 spiro atoms. The van der Waals surface area contributed by atoms with Crippen LogP contribution in [0.3, 0.4) is 0 Å². The van der Waals surface area contributed by atoms with E-state index in [2.05, 4.69) is 21.2 Å². The van der Waals surface area contributed by atoms with E-state index in [0.29, 0.717) is 11.6 Å². The molecule has 4 aromatic carbocycles. The highest BCUT2D eigenvalue weighted by atomic mass is 79.9. The lowest BCUT2D eigenvalue weighted by atomic mass is 10.0. The van der Waals surface area contributed by atoms with Crippen molar-refractivity contribution < 1.29 is 18.0 Å². The van der Waals surface area contributed by atoms with Crippen LogP contribution < -0.4 is 9.62 Å². The standard InChI is InChI=1S/C35H37BrClN3O4S/c1-4-19-38-35(42)33(21-27-9-6-5-7-10-27)39(23-28-11-8-12-29(36)20-28)34(41)24-40(30-16-15-26(3)32(37)22-30)45(43,44)31-17-13-25(2)14-18-31/h5-18,20,22,33H,4,19,21,23-24H2,1-3H3,(H,38,42). The van der Waals surface area contributed by atoms with Crippen molar-refractivity contribution in [1.82, 2.24) is 10.2 Å². The van der Waals surface area contributed by atoms with E-state index in [-0.39, 0.29) is 29.5 Å². The Kier molecular flexibility index (Phi) is 11.8. The van der Waals surface area contributed by atoms with Gasteiger partial charge in [-0.15, -0.1) is 0 Å². The SMILES string of the molecule is CCCNC(=O)C(Cc1ccccc1)N(Cc1cccc(Br)c1)C(=O)CN(c1ccc(C)c(Cl)c1)S(=O)(=O)c1ccc(C)cc1. The van der Waals surface area contributed by atoms with Crippen molar-refractivity contribution in [2.24, 2.45) is 0 Å². The number of hydrogen-bond donors (Lipinski definition) is 1. The Morgan fingerprint density at radius 2 is 1.58 bits per heavy atom. The van der Waals surface area contributed by atoms with E-state index in [4.69, 9.17) is 11.6 Å². The second-order valence-electron chi connectivity index (χ2n) is 10.9. The molecule has 0 aliphatic carbocycles. The molecule has 0 aliphatic heterocycles. The highest BCUT2D eigenvalue weighted by molar-refractivity contribution is 9.10. The number of anilines is 1. The summed E-state index contributed by atoms with van der Waals surface area (Å²) in [6, 6.07) is 27.4. The van der Waals surface area contributed by atoms with E-state index in [0.717, 1.165) is 37.5 Å². The fraction of sp³-hybridized carbons (Fsp3) is 0.257. The van der Waals surface area contributed by atoms with E-state index < -0.39 is 28.5 Å². The minimum Gasteiger partial charge on any atom is -0.354 e. The number of rotatable bonds is 13. The molecule has 0 saturated carbocycles. The number of benzene rings is 4. The fourth-order valence-corrected chi connectivity index (χ4v) is 6.88. The molecular formula is C35H37BrClN3O4S. The molecule has 0 saturated heterocycles. The summed E-state index contributed by atoms with van der Waals surface area (Å²) in [5.41, 5.74) is 3.57. The largest absolute Gasteiger partial charge is 0.354 e. The van der Waals surface area contributed by atoms with Gasteiger partial charge in [0.2, 0.25) is 11.8 Å². The van der Waals surface area contributed by atoms with Crippen LogP contribution >= 0.6 is 27.5 Å². The number of sulfonamides is 1. The lowest BCUT2D eigenvalue weighted by Gasteiger charge is -2.34. The third-order valence-corrected chi connectivity index (χ3v) is 10.1. The molecule has 0 radical (unpaired) electrons. The average molecular weight is 711 g/mol. The highest BCUT2D eigenvalue weighted by Gasteiger charge is 2.34. The van der Waals surface area contributed by atoms with E-state index in [1.54, 1.807) is 30.3 Å². The summed E-state index contributed by atoms with van der Waals surface area (Å²) in [6.45, 7) is 5.63. The van der Waals surface area contributed by atoms with Gasteiger partial charge in [-0.2, -0.15) is 0 Å². The van der Waals surface area contributed by atoms with E-state index >= 15 is 0 Å². The lowest BCUT2D eigenvalue weighted by Crippen LogP contribution is -2.53. The van der Waals surface area contributed by atoms with Crippen molar-refractivity contribution in [2.75, 3.05) is 17.4 Å². The van der Waals surface area contributed by atoms with Gasteiger partial charge in [-0.1, -0.05) is 101 Å². The van der Waals surface area contributed by atoms with Crippen molar-refractivity contribution >= 4 is 55.1 Å². The molecule has 45 heavy (non-hydrogen) atoms. The van der Waals surface area contributed by atoms with Gasteiger partial charge in [0.1, 0.15) is 12.6 Å². The Labute approximate surface area is 279 Å². The summed E-state index contributed by atoms with van der Waals surface area (Å²) in [4.78, 5) is 29.8. The van der Waals surface area contributed by atoms with Crippen molar-refractivity contribution in [3.63, 3.8) is 0 Å². The quantitative estimate of drug-likeness (QED) is 0.161. The van der Waals surface area contributed by atoms with Gasteiger partial charge in [0.15, 0.2) is 0 Å². The van der Waals surface area contributed by atoms with E-state index in [1.807, 2.05) is 75.4 Å². The van der Waals surface area contributed by atoms with Crippen LogP contribution in [-0.2, 0) is 32.6 Å². The molecule has 10 heteroatoms. The summed E-state index contributed by atoms with van der Waals surface area (Å²) in [5, 5.41) is 3.33. The molecule has 4 aromatic rings. The first kappa shape index (κ1) is 34.2. The first-order chi connectivity index (χ1) is 21.5. The van der Waals surface area contributed by atoms with Crippen molar-refractivity contribution in [2.45, 2.75) is 51.1 Å². The Balaban J connectivity index is 1.81. The predicted octanol–water partition coefficient (Wildman–Crippen LogP) is 7.08. The third kappa shape index (κ3) is 8.96. The summed E-state index contributed by atoms with van der Waals surface area (Å²) >= 11 is 9.95. The first-order valence-electron chi connectivity index (χ1n) is 14.7. The summed E-state index contributed by atoms with van der Waals surface area (Å²) in [6.07, 6.45) is 0.970. The Bertz CT molecular complexity index is 1730. The summed E-state index contributed by atoms with van der Waals surface area (Å²) in [7, 11) is -4.21. The molecule has 7 nitrogen and oxygen atoms in total. The zero-order valence-corrected chi connectivity index (χ0v) is 28.7. The molecule has 0 aliphatic rings. The third-order valence-electron chi connectivity index (χ3n) is 7.39. The second-order valence-corrected chi connectivity index (χ2v) is 14.1. The Morgan fingerprint density at radius 1 is 0.889 bits per heavy atom. The lowest BCUT2D eigenvalue weighted by molar-refractivity contribution is -0.140. The number of aryl methyl sites for hydroxylation is 2. The van der Waals surface area contributed by atoms with Crippen LogP contribution in [0.5, 0.6) is 0 Å². The number of halogens is 2. The summed E-state index contributed by atoms with van der Waals surface area (Å²) < 4.78 is 30.2. The number of carbonyl (C=O) groups excluding carboxylic acids is 2. The topological polar surface area (TPSA) is 86.8 Å². The molecule has 2 amide bonds. The molecular weight excluding hydrogens is 674 g/mol. The maximum atomic E-state index is 14.5. The van der Waals surface area contributed by atoms with Crippen molar-refractivity contribution in [1.29, 1.82) is 0 Å². The van der Waals surface area contributed by atoms with Gasteiger partial charge in [-0.25, -0.2) is 8.42 Å². The van der Waals surface area contributed by atoms with Crippen LogP contribution in [0.25, 0.3) is 0 Å². The number of nitrogens with zero attached hydrogens (tertiary/aromatic N) is 2. The van der Waals surface area contributed by atoms with Gasteiger partial charge < -0.3 is 10.2 Å². The molecule has 236 valence electrons. The smallest absolute Gasteiger partial charge is 0.264 e. The molecule has 0 bridgehead atoms. The molecule has 1 unspecified atom stereocenters. The van der Waals surface area contributed by atoms with E-state index in [9.17, 15) is 18.0 Å². The van der Waals surface area contributed by atoms with Crippen LogP contribution in [0, 0.1) is 13.8 Å². The van der Waals surface area contributed by atoms with Crippen LogP contribution in [0.15, 0.2) is 106 Å². The minimum absolute atomic E-state index is 0.0395. The monoisotopic (exact) mass is 709 g/mol. The highest BCUT2D eigenvalue weighted by Crippen LogP contribution is 2.29. The normalized spacial score (nSPS) is 11.9. The van der Waals surface area contributed by atoms with E-state index in [1.165, 1.54) is 17.0 Å². The van der Waals surface area contributed by atoms with Gasteiger partial charge in [-0.05, 0) is 73.4 Å². The maximum Gasteiger partial charge on any atom is 0.264 e. The zero-order chi connectivity index (χ0) is 32.6. The molecule has 0 fully saturated rings. The molecule has 1 atom stereocenters. The predicted molar refractivity (Wildman–Crippen MR) is 184 cm³/mol. The number of amides is 2. The van der Waals surface area contributed by atoms with Crippen molar-refractivity contribution in [3.8, 4) is 0 Å². The van der Waals surface area contributed by atoms with Gasteiger partial charge in [0, 0.05) is 29.0 Å². The van der Waals surface area contributed by atoms with Crippen LogP contribution in [0.2, 0.25) is 5.02 Å². The fourth-order valence-electron chi connectivity index (χ4n) is 4.86. The summed E-state index contributed by atoms with van der Waals surface area (Å²) in [5.74, 6) is -0.842. The average Bonchev–Trinajstić information content (AvgIpc) is 3.02. The Hall–Kier alpha value is -3.66. The first-order valence-corrected chi connectivity index (χ1v) is 17.3. The number of hydrogen-bond acceptors (Lipinski definition) is 4. The van der Waals surface area contributed by atoms with Crippen LogP contribution in [0.1, 0.15) is 35.6 Å². The van der Waals surface area contributed by atoms with Crippen LogP contribution in [-0.4, -0.2) is 44.3 Å². The van der Waals surface area contributed by atoms with Gasteiger partial charge in [-0.3, -0.25) is 13.9 Å².